The molecule has 6 heteroatoms. The van der Waals surface area contributed by atoms with Gasteiger partial charge in [-0.05, 0) is 49.1 Å². The number of ether oxygens (including phenoxy) is 1. The molecule has 1 aliphatic rings. The molecule has 0 aliphatic carbocycles. The Labute approximate surface area is 151 Å². The van der Waals surface area contributed by atoms with E-state index in [2.05, 4.69) is 10.6 Å². The molecule has 26 heavy (non-hydrogen) atoms. The van der Waals surface area contributed by atoms with Crippen LogP contribution in [0.1, 0.15) is 24.8 Å². The van der Waals surface area contributed by atoms with Gasteiger partial charge in [0.25, 0.3) is 0 Å². The molecule has 0 aromatic heterocycles. The first-order chi connectivity index (χ1) is 12.6. The van der Waals surface area contributed by atoms with Crippen molar-refractivity contribution in [1.29, 1.82) is 0 Å². The van der Waals surface area contributed by atoms with Crippen molar-refractivity contribution >= 4 is 11.8 Å². The number of carbonyl (C=O) groups excluding carboxylic acids is 2. The zero-order valence-electron chi connectivity index (χ0n) is 14.3. The third-order valence-corrected chi connectivity index (χ3v) is 4.23. The van der Waals surface area contributed by atoms with Crippen molar-refractivity contribution in [3.05, 3.63) is 59.9 Å². The third-order valence-electron chi connectivity index (χ3n) is 4.23. The van der Waals surface area contributed by atoms with Crippen molar-refractivity contribution < 1.29 is 18.7 Å². The van der Waals surface area contributed by atoms with Crippen molar-refractivity contribution in [1.82, 2.24) is 10.6 Å². The van der Waals surface area contributed by atoms with Crippen LogP contribution >= 0.6 is 0 Å². The van der Waals surface area contributed by atoms with Gasteiger partial charge in [0.05, 0.1) is 0 Å². The molecule has 2 aromatic rings. The standard InChI is InChI=1S/C20H21FN2O3/c21-16-13-14(9-10-18(16)26-15-5-2-1-3-6-15)11-12-22-20(25)17-7-4-8-19(24)23-17/h1-3,5-6,9-10,13,17H,4,7-8,11-12H2,(H,22,25)(H,23,24)/t17-/m0/s1. The molecule has 1 fully saturated rings. The number of carbonyl (C=O) groups is 2. The monoisotopic (exact) mass is 356 g/mol. The average Bonchev–Trinajstić information content (AvgIpc) is 2.65. The van der Waals surface area contributed by atoms with E-state index in [4.69, 9.17) is 4.74 Å². The molecule has 3 rings (SSSR count). The van der Waals surface area contributed by atoms with Gasteiger partial charge in [0.2, 0.25) is 11.8 Å². The number of benzene rings is 2. The molecule has 1 aliphatic heterocycles. The number of rotatable bonds is 6. The predicted molar refractivity (Wildman–Crippen MR) is 95.4 cm³/mol. The molecule has 1 atom stereocenters. The highest BCUT2D eigenvalue weighted by atomic mass is 19.1. The van der Waals surface area contributed by atoms with Crippen LogP contribution in [0.5, 0.6) is 11.5 Å². The highest BCUT2D eigenvalue weighted by Gasteiger charge is 2.24. The van der Waals surface area contributed by atoms with Crippen LogP contribution < -0.4 is 15.4 Å². The summed E-state index contributed by atoms with van der Waals surface area (Å²) in [7, 11) is 0. The molecule has 5 nitrogen and oxygen atoms in total. The maximum Gasteiger partial charge on any atom is 0.242 e. The lowest BCUT2D eigenvalue weighted by Crippen LogP contribution is -2.49. The lowest BCUT2D eigenvalue weighted by atomic mass is 10.0. The minimum absolute atomic E-state index is 0.0903. The van der Waals surface area contributed by atoms with Crippen LogP contribution in [0.2, 0.25) is 0 Å². The molecule has 2 aromatic carbocycles. The third kappa shape index (κ3) is 4.81. The van der Waals surface area contributed by atoms with Crippen molar-refractivity contribution in [2.75, 3.05) is 6.54 Å². The summed E-state index contributed by atoms with van der Waals surface area (Å²) >= 11 is 0. The normalized spacial score (nSPS) is 16.7. The molecule has 0 saturated carbocycles. The van der Waals surface area contributed by atoms with E-state index in [1.807, 2.05) is 18.2 Å². The van der Waals surface area contributed by atoms with Crippen LogP contribution in [0.3, 0.4) is 0 Å². The maximum atomic E-state index is 14.2. The van der Waals surface area contributed by atoms with Gasteiger partial charge in [-0.25, -0.2) is 4.39 Å². The smallest absolute Gasteiger partial charge is 0.242 e. The number of nitrogens with one attached hydrogen (secondary N) is 2. The number of hydrogen-bond acceptors (Lipinski definition) is 3. The van der Waals surface area contributed by atoms with Gasteiger partial charge in [0.1, 0.15) is 11.8 Å². The first kappa shape index (κ1) is 17.9. The molecular formula is C20H21FN2O3. The quantitative estimate of drug-likeness (QED) is 0.836. The SMILES string of the molecule is O=C1CCC[C@@H](C(=O)NCCc2ccc(Oc3ccccc3)c(F)c2)N1. The van der Waals surface area contributed by atoms with Crippen molar-refractivity contribution in [3.8, 4) is 11.5 Å². The Morgan fingerprint density at radius 2 is 2.04 bits per heavy atom. The second kappa shape index (κ2) is 8.47. The van der Waals surface area contributed by atoms with Gasteiger partial charge in [-0.2, -0.15) is 0 Å². The molecule has 0 radical (unpaired) electrons. The van der Waals surface area contributed by atoms with Crippen molar-refractivity contribution in [2.45, 2.75) is 31.7 Å². The molecule has 2 N–H and O–H groups in total. The van der Waals surface area contributed by atoms with E-state index in [1.54, 1.807) is 24.3 Å². The van der Waals surface area contributed by atoms with Gasteiger partial charge >= 0.3 is 0 Å². The summed E-state index contributed by atoms with van der Waals surface area (Å²) in [5.41, 5.74) is 0.760. The molecular weight excluding hydrogens is 335 g/mol. The summed E-state index contributed by atoms with van der Waals surface area (Å²) in [6.45, 7) is 0.379. The topological polar surface area (TPSA) is 67.4 Å². The highest BCUT2D eigenvalue weighted by Crippen LogP contribution is 2.25. The Hall–Kier alpha value is -2.89. The van der Waals surface area contributed by atoms with Crippen LogP contribution in [-0.2, 0) is 16.0 Å². The van der Waals surface area contributed by atoms with E-state index < -0.39 is 11.9 Å². The van der Waals surface area contributed by atoms with E-state index in [1.165, 1.54) is 6.07 Å². The highest BCUT2D eigenvalue weighted by molar-refractivity contribution is 5.88. The fraction of sp³-hybridized carbons (Fsp3) is 0.300. The van der Waals surface area contributed by atoms with Crippen molar-refractivity contribution in [2.24, 2.45) is 0 Å². The molecule has 1 heterocycles. The molecule has 1 saturated heterocycles. The Balaban J connectivity index is 1.50. The summed E-state index contributed by atoms with van der Waals surface area (Å²) in [6.07, 6.45) is 2.34. The average molecular weight is 356 g/mol. The van der Waals surface area contributed by atoms with Gasteiger partial charge in [-0.15, -0.1) is 0 Å². The lowest BCUT2D eigenvalue weighted by Gasteiger charge is -2.22. The number of hydrogen-bond donors (Lipinski definition) is 2. The second-order valence-electron chi connectivity index (χ2n) is 6.23. The number of amides is 2. The molecule has 0 spiro atoms. The van der Waals surface area contributed by atoms with Crippen molar-refractivity contribution in [3.63, 3.8) is 0 Å². The van der Waals surface area contributed by atoms with Crippen LogP contribution in [-0.4, -0.2) is 24.4 Å². The molecule has 2 amide bonds. The zero-order chi connectivity index (χ0) is 18.4. The summed E-state index contributed by atoms with van der Waals surface area (Å²) in [5.74, 6) is 0.00194. The predicted octanol–water partition coefficient (Wildman–Crippen LogP) is 2.95. The number of para-hydroxylation sites is 1. The van der Waals surface area contributed by atoms with Gasteiger partial charge < -0.3 is 15.4 Å². The maximum absolute atomic E-state index is 14.2. The molecule has 0 bridgehead atoms. The van der Waals surface area contributed by atoms with Gasteiger partial charge in [0, 0.05) is 13.0 Å². The van der Waals surface area contributed by atoms with E-state index in [0.717, 1.165) is 12.0 Å². The van der Waals surface area contributed by atoms with E-state index >= 15 is 0 Å². The number of piperidine rings is 1. The van der Waals surface area contributed by atoms with Crippen LogP contribution in [0.15, 0.2) is 48.5 Å². The van der Waals surface area contributed by atoms with Crippen LogP contribution in [0.25, 0.3) is 0 Å². The summed E-state index contributed by atoms with van der Waals surface area (Å²) in [5, 5.41) is 5.46. The number of halogens is 1. The Morgan fingerprint density at radius 1 is 1.23 bits per heavy atom. The van der Waals surface area contributed by atoms with Crippen LogP contribution in [0.4, 0.5) is 4.39 Å². The largest absolute Gasteiger partial charge is 0.454 e. The second-order valence-corrected chi connectivity index (χ2v) is 6.23. The summed E-state index contributed by atoms with van der Waals surface area (Å²) < 4.78 is 19.7. The van der Waals surface area contributed by atoms with E-state index in [9.17, 15) is 14.0 Å². The van der Waals surface area contributed by atoms with Gasteiger partial charge in [-0.3, -0.25) is 9.59 Å². The minimum Gasteiger partial charge on any atom is -0.454 e. The Bertz CT molecular complexity index is 780. The van der Waals surface area contributed by atoms with Crippen LogP contribution in [0, 0.1) is 5.82 Å². The lowest BCUT2D eigenvalue weighted by molar-refractivity contribution is -0.130. The fourth-order valence-electron chi connectivity index (χ4n) is 2.85. The molecule has 0 unspecified atom stereocenters. The Morgan fingerprint density at radius 3 is 2.77 bits per heavy atom. The fourth-order valence-corrected chi connectivity index (χ4v) is 2.85. The van der Waals surface area contributed by atoms with E-state index in [-0.39, 0.29) is 17.6 Å². The summed E-state index contributed by atoms with van der Waals surface area (Å²) in [6, 6.07) is 13.3. The Kier molecular flexibility index (Phi) is 5.84. The first-order valence-corrected chi connectivity index (χ1v) is 8.70. The van der Waals surface area contributed by atoms with Gasteiger partial charge in [0.15, 0.2) is 11.6 Å². The minimum atomic E-state index is -0.463. The van der Waals surface area contributed by atoms with E-state index in [0.29, 0.717) is 31.6 Å². The molecule has 136 valence electrons. The van der Waals surface area contributed by atoms with Gasteiger partial charge in [-0.1, -0.05) is 24.3 Å². The first-order valence-electron chi connectivity index (χ1n) is 8.70. The zero-order valence-corrected chi connectivity index (χ0v) is 14.3. The summed E-state index contributed by atoms with van der Waals surface area (Å²) in [4.78, 5) is 23.4.